The van der Waals surface area contributed by atoms with Crippen LogP contribution in [0.1, 0.15) is 11.1 Å². The molecule has 0 N–H and O–H groups in total. The molecule has 20 heavy (non-hydrogen) atoms. The summed E-state index contributed by atoms with van der Waals surface area (Å²) in [5.74, 6) is -0.751. The second kappa shape index (κ2) is 7.05. The van der Waals surface area contributed by atoms with Crippen molar-refractivity contribution in [3.8, 4) is 0 Å². The van der Waals surface area contributed by atoms with Gasteiger partial charge in [-0.3, -0.25) is 0 Å². The summed E-state index contributed by atoms with van der Waals surface area (Å²) in [5, 5.41) is 0.646. The Balaban J connectivity index is 2.13. The number of alkyl halides is 1. The first-order valence-corrected chi connectivity index (χ1v) is 7.24. The van der Waals surface area contributed by atoms with Crippen molar-refractivity contribution in [1.82, 2.24) is 0 Å². The predicted molar refractivity (Wildman–Crippen MR) is 79.4 cm³/mol. The van der Waals surface area contributed by atoms with Crippen LogP contribution in [0.2, 0.25) is 5.02 Å². The van der Waals surface area contributed by atoms with Gasteiger partial charge in [0, 0.05) is 16.5 Å². The van der Waals surface area contributed by atoms with Gasteiger partial charge in [0.15, 0.2) is 0 Å². The average Bonchev–Trinajstić information content (AvgIpc) is 2.42. The Kier molecular flexibility index (Phi) is 5.38. The second-order valence-electron chi connectivity index (χ2n) is 4.76. The number of hydrogen-bond acceptors (Lipinski definition) is 0. The lowest BCUT2D eigenvalue weighted by molar-refractivity contribution is 0.508. The van der Waals surface area contributed by atoms with Crippen LogP contribution < -0.4 is 0 Å². The van der Waals surface area contributed by atoms with E-state index < -0.39 is 11.6 Å². The summed E-state index contributed by atoms with van der Waals surface area (Å²) < 4.78 is 27.3. The molecule has 0 aliphatic rings. The minimum atomic E-state index is -0.522. The molecule has 2 rings (SSSR count). The number of hydrogen-bond donors (Lipinski definition) is 0. The molecule has 0 aliphatic heterocycles. The van der Waals surface area contributed by atoms with E-state index in [9.17, 15) is 8.78 Å². The Hall–Kier alpha value is -1.12. The van der Waals surface area contributed by atoms with Gasteiger partial charge in [0.05, 0.1) is 0 Å². The van der Waals surface area contributed by atoms with E-state index in [1.165, 1.54) is 18.2 Å². The lowest BCUT2D eigenvalue weighted by atomic mass is 9.93. The highest BCUT2D eigenvalue weighted by molar-refractivity contribution is 6.30. The van der Waals surface area contributed by atoms with Crippen molar-refractivity contribution >= 4 is 23.2 Å². The molecule has 0 fully saturated rings. The highest BCUT2D eigenvalue weighted by Crippen LogP contribution is 2.22. The topological polar surface area (TPSA) is 0 Å². The molecule has 0 heterocycles. The molecule has 1 unspecified atom stereocenters. The maximum absolute atomic E-state index is 13.6. The first-order valence-electron chi connectivity index (χ1n) is 6.33. The molecule has 0 radical (unpaired) electrons. The Bertz CT molecular complexity index is 564. The zero-order valence-electron chi connectivity index (χ0n) is 10.8. The fourth-order valence-electron chi connectivity index (χ4n) is 2.19. The molecule has 4 heteroatoms. The van der Waals surface area contributed by atoms with Crippen LogP contribution in [0.15, 0.2) is 42.5 Å². The van der Waals surface area contributed by atoms with Gasteiger partial charge in [0.1, 0.15) is 11.6 Å². The largest absolute Gasteiger partial charge is 0.207 e. The van der Waals surface area contributed by atoms with Crippen LogP contribution in [0.3, 0.4) is 0 Å². The van der Waals surface area contributed by atoms with Gasteiger partial charge < -0.3 is 0 Å². The SMILES string of the molecule is Fc1cccc(F)c1CC(CCl)Cc1cccc(Cl)c1. The van der Waals surface area contributed by atoms with Gasteiger partial charge >= 0.3 is 0 Å². The average molecular weight is 315 g/mol. The van der Waals surface area contributed by atoms with E-state index in [1.807, 2.05) is 18.2 Å². The van der Waals surface area contributed by atoms with E-state index in [1.54, 1.807) is 6.07 Å². The molecule has 0 amide bonds. The highest BCUT2D eigenvalue weighted by atomic mass is 35.5. The van der Waals surface area contributed by atoms with E-state index in [4.69, 9.17) is 23.2 Å². The lowest BCUT2D eigenvalue weighted by Gasteiger charge is -2.15. The molecular weight excluding hydrogens is 301 g/mol. The van der Waals surface area contributed by atoms with Crippen molar-refractivity contribution < 1.29 is 8.78 Å². The Morgan fingerprint density at radius 2 is 1.60 bits per heavy atom. The zero-order chi connectivity index (χ0) is 14.5. The summed E-state index contributed by atoms with van der Waals surface area (Å²) in [5.41, 5.74) is 1.11. The maximum Gasteiger partial charge on any atom is 0.129 e. The monoisotopic (exact) mass is 314 g/mol. The van der Waals surface area contributed by atoms with Crippen LogP contribution in [-0.4, -0.2) is 5.88 Å². The van der Waals surface area contributed by atoms with Crippen molar-refractivity contribution in [3.05, 3.63) is 70.2 Å². The van der Waals surface area contributed by atoms with Crippen molar-refractivity contribution in [1.29, 1.82) is 0 Å². The summed E-state index contributed by atoms with van der Waals surface area (Å²) in [6, 6.07) is 11.3. The molecule has 0 aromatic heterocycles. The summed E-state index contributed by atoms with van der Waals surface area (Å²) in [6.45, 7) is 0. The fraction of sp³-hybridized carbons (Fsp3) is 0.250. The van der Waals surface area contributed by atoms with Gasteiger partial charge in [-0.25, -0.2) is 8.78 Å². The number of benzene rings is 2. The molecule has 0 saturated heterocycles. The van der Waals surface area contributed by atoms with Crippen LogP contribution in [0.5, 0.6) is 0 Å². The van der Waals surface area contributed by atoms with Gasteiger partial charge in [-0.1, -0.05) is 29.8 Å². The van der Waals surface area contributed by atoms with Crippen LogP contribution >= 0.6 is 23.2 Å². The van der Waals surface area contributed by atoms with Crippen LogP contribution in [-0.2, 0) is 12.8 Å². The molecule has 2 aromatic rings. The van der Waals surface area contributed by atoms with E-state index >= 15 is 0 Å². The third-order valence-electron chi connectivity index (χ3n) is 3.19. The van der Waals surface area contributed by atoms with Gasteiger partial charge in [-0.05, 0) is 48.6 Å². The Morgan fingerprint density at radius 1 is 0.950 bits per heavy atom. The molecule has 0 bridgehead atoms. The third-order valence-corrected chi connectivity index (χ3v) is 3.86. The van der Waals surface area contributed by atoms with E-state index in [-0.39, 0.29) is 17.9 Å². The smallest absolute Gasteiger partial charge is 0.129 e. The van der Waals surface area contributed by atoms with Crippen LogP contribution in [0, 0.1) is 17.6 Å². The Morgan fingerprint density at radius 3 is 2.20 bits per heavy atom. The van der Waals surface area contributed by atoms with Gasteiger partial charge in [-0.15, -0.1) is 11.6 Å². The van der Waals surface area contributed by atoms with Gasteiger partial charge in [0.2, 0.25) is 0 Å². The lowest BCUT2D eigenvalue weighted by Crippen LogP contribution is -2.12. The minimum Gasteiger partial charge on any atom is -0.207 e. The first-order chi connectivity index (χ1) is 9.60. The van der Waals surface area contributed by atoms with E-state index in [0.717, 1.165) is 5.56 Å². The molecule has 2 aromatic carbocycles. The van der Waals surface area contributed by atoms with Crippen LogP contribution in [0.25, 0.3) is 0 Å². The van der Waals surface area contributed by atoms with Crippen molar-refractivity contribution in [3.63, 3.8) is 0 Å². The molecule has 0 saturated carbocycles. The van der Waals surface area contributed by atoms with E-state index in [2.05, 4.69) is 0 Å². The summed E-state index contributed by atoms with van der Waals surface area (Å²) in [6.07, 6.45) is 0.909. The number of halogens is 4. The number of rotatable bonds is 5. The van der Waals surface area contributed by atoms with Gasteiger partial charge in [0.25, 0.3) is 0 Å². The molecule has 106 valence electrons. The fourth-order valence-corrected chi connectivity index (χ4v) is 2.63. The van der Waals surface area contributed by atoms with Gasteiger partial charge in [-0.2, -0.15) is 0 Å². The summed E-state index contributed by atoms with van der Waals surface area (Å²) in [4.78, 5) is 0. The minimum absolute atomic E-state index is 0.0402. The first kappa shape index (κ1) is 15.3. The standard InChI is InChI=1S/C16H14Cl2F2/c17-10-12(7-11-3-1-4-13(18)8-11)9-14-15(19)5-2-6-16(14)20/h1-6,8,12H,7,9-10H2. The quantitative estimate of drug-likeness (QED) is 0.660. The van der Waals surface area contributed by atoms with Crippen LogP contribution in [0.4, 0.5) is 8.78 Å². The normalized spacial score (nSPS) is 12.4. The Labute approximate surface area is 127 Å². The highest BCUT2D eigenvalue weighted by Gasteiger charge is 2.16. The molecule has 0 spiro atoms. The third kappa shape index (κ3) is 3.94. The zero-order valence-corrected chi connectivity index (χ0v) is 12.3. The molecular formula is C16H14Cl2F2. The molecule has 0 nitrogen and oxygen atoms in total. The summed E-state index contributed by atoms with van der Waals surface area (Å²) in [7, 11) is 0. The molecule has 1 atom stereocenters. The van der Waals surface area contributed by atoms with Crippen molar-refractivity contribution in [2.24, 2.45) is 5.92 Å². The van der Waals surface area contributed by atoms with Crippen molar-refractivity contribution in [2.75, 3.05) is 5.88 Å². The molecule has 0 aliphatic carbocycles. The predicted octanol–water partition coefficient (Wildman–Crippen LogP) is 5.26. The summed E-state index contributed by atoms with van der Waals surface area (Å²) >= 11 is 11.9. The van der Waals surface area contributed by atoms with E-state index in [0.29, 0.717) is 17.3 Å². The van der Waals surface area contributed by atoms with Crippen molar-refractivity contribution in [2.45, 2.75) is 12.8 Å². The second-order valence-corrected chi connectivity index (χ2v) is 5.50. The maximum atomic E-state index is 13.6.